The van der Waals surface area contributed by atoms with Crippen molar-refractivity contribution in [3.05, 3.63) is 30.3 Å². The number of hydrogen-bond donors (Lipinski definition) is 3. The zero-order valence-electron chi connectivity index (χ0n) is 5.64. The van der Waals surface area contributed by atoms with Gasteiger partial charge in [-0.05, 0) is 0 Å². The fraction of sp³-hybridized carbons (Fsp3) is 0. The first kappa shape index (κ1) is 10.8. The summed E-state index contributed by atoms with van der Waals surface area (Å²) in [5.41, 5.74) is 0. The van der Waals surface area contributed by atoms with Gasteiger partial charge in [0.05, 0.1) is 0 Å². The molecule has 0 aliphatic carbocycles. The van der Waals surface area contributed by atoms with Crippen LogP contribution in [-0.2, 0) is 0 Å². The van der Waals surface area contributed by atoms with Crippen molar-refractivity contribution in [2.45, 2.75) is 0 Å². The molecule has 0 heterocycles. The van der Waals surface area contributed by atoms with E-state index in [1.54, 1.807) is 18.2 Å². The Balaban J connectivity index is 0.000001000. The van der Waals surface area contributed by atoms with Crippen molar-refractivity contribution in [1.29, 1.82) is 0 Å². The molecule has 1 aromatic carbocycles. The molecule has 1 rings (SSSR count). The molecule has 0 fully saturated rings. The molecule has 0 atom stereocenters. The van der Waals surface area contributed by atoms with Crippen molar-refractivity contribution in [1.82, 2.24) is 0 Å². The molecule has 5 heteroatoms. The van der Waals surface area contributed by atoms with Crippen molar-refractivity contribution in [3.8, 4) is 0 Å². The molecule has 3 nitrogen and oxygen atoms in total. The van der Waals surface area contributed by atoms with Crippen LogP contribution in [0.1, 0.15) is 0 Å². The Morgan fingerprint density at radius 1 is 0.909 bits per heavy atom. The van der Waals surface area contributed by atoms with E-state index in [-0.39, 0.29) is 17.7 Å². The van der Waals surface area contributed by atoms with Crippen molar-refractivity contribution in [2.75, 3.05) is 0 Å². The predicted octanol–water partition coefficient (Wildman–Crippen LogP) is 0.206. The van der Waals surface area contributed by atoms with Crippen LogP contribution in [0.5, 0.6) is 0 Å². The van der Waals surface area contributed by atoms with Crippen molar-refractivity contribution in [2.24, 2.45) is 0 Å². The van der Waals surface area contributed by atoms with Crippen LogP contribution < -0.4 is 5.30 Å². The first-order valence-electron chi connectivity index (χ1n) is 2.83. The van der Waals surface area contributed by atoms with E-state index >= 15 is 0 Å². The molecule has 0 amide bonds. The Morgan fingerprint density at radius 3 is 1.64 bits per heavy atom. The van der Waals surface area contributed by atoms with Gasteiger partial charge in [-0.25, -0.2) is 0 Å². The molecule has 0 aliphatic rings. The second-order valence-electron chi connectivity index (χ2n) is 2.00. The fourth-order valence-corrected chi connectivity index (χ4v) is 1.30. The second-order valence-corrected chi connectivity index (χ2v) is 3.85. The minimum absolute atomic E-state index is 0. The van der Waals surface area contributed by atoms with Crippen molar-refractivity contribution >= 4 is 25.7 Å². The van der Waals surface area contributed by atoms with Crippen LogP contribution in [0.4, 0.5) is 0 Å². The predicted molar refractivity (Wildman–Crippen MR) is 48.3 cm³/mol. The van der Waals surface area contributed by atoms with Gasteiger partial charge in [-0.1, -0.05) is 0 Å². The maximum atomic E-state index is 8.74. The topological polar surface area (TPSA) is 60.7 Å². The third-order valence-electron chi connectivity index (χ3n) is 1.16. The monoisotopic (exact) mass is 196 g/mol. The van der Waals surface area contributed by atoms with Gasteiger partial charge in [0.15, 0.2) is 0 Å². The summed E-state index contributed by atoms with van der Waals surface area (Å²) in [6, 6.07) is 7.97. The Morgan fingerprint density at radius 2 is 1.36 bits per heavy atom. The zero-order valence-corrected chi connectivity index (χ0v) is 7.45. The van der Waals surface area contributed by atoms with Gasteiger partial charge in [-0.2, -0.15) is 0 Å². The number of hydrogen-bond acceptors (Lipinski definition) is 3. The van der Waals surface area contributed by atoms with E-state index in [4.69, 9.17) is 14.7 Å². The van der Waals surface area contributed by atoms with E-state index < -0.39 is 7.94 Å². The molecular weight excluding hydrogens is 186 g/mol. The Bertz CT molecular complexity index is 209. The molecule has 11 heavy (non-hydrogen) atoms. The molecule has 0 saturated carbocycles. The van der Waals surface area contributed by atoms with Crippen molar-refractivity contribution in [3.63, 3.8) is 0 Å². The molecule has 0 unspecified atom stereocenters. The fourth-order valence-electron chi connectivity index (χ4n) is 0.662. The molecule has 3 N–H and O–H groups in total. The van der Waals surface area contributed by atoms with Gasteiger partial charge in [-0.3, -0.25) is 0 Å². The summed E-state index contributed by atoms with van der Waals surface area (Å²) in [4.78, 5) is 26.2. The second kappa shape index (κ2) is 4.00. The Kier molecular flexibility index (Phi) is 3.93. The van der Waals surface area contributed by atoms with Gasteiger partial charge in [0.2, 0.25) is 0 Å². The van der Waals surface area contributed by atoms with Gasteiger partial charge in [0, 0.05) is 0 Å². The van der Waals surface area contributed by atoms with E-state index in [0.29, 0.717) is 0 Å². The molecule has 1 aromatic rings. The Hall–Kier alpha value is -0.180. The number of halogens is 1. The van der Waals surface area contributed by atoms with Crippen LogP contribution >= 0.6 is 20.4 Å². The third-order valence-corrected chi connectivity index (χ3v) is 2.27. The molecule has 64 valence electrons. The summed E-state index contributed by atoms with van der Waals surface area (Å²) in [7, 11) is -4.03. The van der Waals surface area contributed by atoms with Crippen molar-refractivity contribution < 1.29 is 14.7 Å². The van der Waals surface area contributed by atoms with Gasteiger partial charge in [0.1, 0.15) is 0 Å². The quantitative estimate of drug-likeness (QED) is 0.563. The first-order valence-corrected chi connectivity index (χ1v) is 4.67. The zero-order chi connectivity index (χ0) is 7.61. The molecule has 0 saturated heterocycles. The Labute approximate surface area is 71.3 Å². The van der Waals surface area contributed by atoms with E-state index in [2.05, 4.69) is 0 Å². The minimum atomic E-state index is -4.03. The van der Waals surface area contributed by atoms with Crippen LogP contribution in [0.2, 0.25) is 0 Å². The summed E-state index contributed by atoms with van der Waals surface area (Å²) in [6.07, 6.45) is 0. The summed E-state index contributed by atoms with van der Waals surface area (Å²) >= 11 is 0. The van der Waals surface area contributed by atoms with Crippen LogP contribution in [-0.4, -0.2) is 14.7 Å². The average Bonchev–Trinajstić information content (AvgIpc) is 1.88. The average molecular weight is 197 g/mol. The molecule has 0 aliphatic heterocycles. The van der Waals surface area contributed by atoms with E-state index in [9.17, 15) is 0 Å². The summed E-state index contributed by atoms with van der Waals surface area (Å²) in [5, 5.41) is 0.204. The summed E-state index contributed by atoms with van der Waals surface area (Å²) in [6.45, 7) is 0. The maximum absolute atomic E-state index is 8.74. The molecular formula is C6H10ClO3P. The van der Waals surface area contributed by atoms with Crippen LogP contribution in [0.15, 0.2) is 30.3 Å². The van der Waals surface area contributed by atoms with E-state index in [1.165, 1.54) is 12.1 Å². The van der Waals surface area contributed by atoms with E-state index in [0.717, 1.165) is 0 Å². The normalized spacial score (nSPS) is 11.9. The van der Waals surface area contributed by atoms with Gasteiger partial charge >= 0.3 is 58.3 Å². The first-order chi connectivity index (χ1) is 4.61. The van der Waals surface area contributed by atoms with Gasteiger partial charge in [-0.15, -0.1) is 12.4 Å². The third kappa shape index (κ3) is 3.14. The number of benzene rings is 1. The van der Waals surface area contributed by atoms with E-state index in [1.807, 2.05) is 0 Å². The van der Waals surface area contributed by atoms with Gasteiger partial charge < -0.3 is 0 Å². The van der Waals surface area contributed by atoms with Gasteiger partial charge in [0.25, 0.3) is 0 Å². The summed E-state index contributed by atoms with van der Waals surface area (Å²) in [5.74, 6) is 0. The number of rotatable bonds is 1. The SMILES string of the molecule is Cl.O[PH](O)(O)c1ccccc1. The summed E-state index contributed by atoms with van der Waals surface area (Å²) < 4.78 is 0. The van der Waals surface area contributed by atoms with Crippen LogP contribution in [0, 0.1) is 0 Å². The van der Waals surface area contributed by atoms with Crippen LogP contribution in [0.25, 0.3) is 0 Å². The molecule has 0 radical (unpaired) electrons. The standard InChI is InChI=1S/C6H9O3P.ClH/c7-10(8,9)6-4-2-1-3-5-6;/h1-5,7-10H;1H. The molecule has 0 aromatic heterocycles. The molecule has 0 spiro atoms. The molecule has 0 bridgehead atoms. The van der Waals surface area contributed by atoms with Crippen LogP contribution in [0.3, 0.4) is 0 Å².